The van der Waals surface area contributed by atoms with Crippen LogP contribution in [-0.4, -0.2) is 37.4 Å². The fourth-order valence-electron chi connectivity index (χ4n) is 2.09. The van der Waals surface area contributed by atoms with Crippen LogP contribution in [0, 0.1) is 5.82 Å². The van der Waals surface area contributed by atoms with Gasteiger partial charge in [-0.3, -0.25) is 9.59 Å². The average molecular weight is 370 g/mol. The first-order valence-electron chi connectivity index (χ1n) is 7.11. The molecule has 0 aliphatic rings. The van der Waals surface area contributed by atoms with Gasteiger partial charge in [0, 0.05) is 12.2 Å². The summed E-state index contributed by atoms with van der Waals surface area (Å²) in [5.41, 5.74) is 1.32. The maximum Gasteiger partial charge on any atom is 0.313 e. The summed E-state index contributed by atoms with van der Waals surface area (Å²) >= 11 is 7.21. The van der Waals surface area contributed by atoms with E-state index in [2.05, 4.69) is 10.6 Å². The quantitative estimate of drug-likeness (QED) is 0.797. The molecule has 0 aliphatic heterocycles. The number of benzene rings is 1. The van der Waals surface area contributed by atoms with Gasteiger partial charge in [-0.2, -0.15) is 11.3 Å². The zero-order chi connectivity index (χ0) is 17.7. The van der Waals surface area contributed by atoms with E-state index in [0.29, 0.717) is 6.54 Å². The van der Waals surface area contributed by atoms with E-state index in [-0.39, 0.29) is 16.8 Å². The van der Waals surface area contributed by atoms with Crippen LogP contribution in [0.5, 0.6) is 0 Å². The summed E-state index contributed by atoms with van der Waals surface area (Å²) in [6.07, 6.45) is 0. The minimum Gasteiger partial charge on any atom is -0.346 e. The maximum atomic E-state index is 13.1. The molecule has 1 atom stereocenters. The molecule has 0 saturated carbocycles. The summed E-state index contributed by atoms with van der Waals surface area (Å²) in [4.78, 5) is 25.8. The molecule has 0 spiro atoms. The largest absolute Gasteiger partial charge is 0.346 e. The van der Waals surface area contributed by atoms with Crippen molar-refractivity contribution in [1.82, 2.24) is 10.2 Å². The second-order valence-corrected chi connectivity index (χ2v) is 6.52. The predicted octanol–water partition coefficient (Wildman–Crippen LogP) is 2.90. The zero-order valence-corrected chi connectivity index (χ0v) is 14.7. The van der Waals surface area contributed by atoms with Crippen LogP contribution in [0.2, 0.25) is 5.02 Å². The molecule has 128 valence electrons. The molecule has 0 bridgehead atoms. The van der Waals surface area contributed by atoms with Crippen molar-refractivity contribution >= 4 is 40.4 Å². The summed E-state index contributed by atoms with van der Waals surface area (Å²) < 4.78 is 13.1. The van der Waals surface area contributed by atoms with Gasteiger partial charge >= 0.3 is 11.8 Å². The summed E-state index contributed by atoms with van der Waals surface area (Å²) in [6.45, 7) is 0.292. The van der Waals surface area contributed by atoms with Crippen molar-refractivity contribution in [3.05, 3.63) is 51.4 Å². The van der Waals surface area contributed by atoms with Crippen LogP contribution in [0.25, 0.3) is 0 Å². The number of thiophene rings is 1. The van der Waals surface area contributed by atoms with Crippen LogP contribution < -0.4 is 10.6 Å². The predicted molar refractivity (Wildman–Crippen MR) is 93.8 cm³/mol. The highest BCUT2D eigenvalue weighted by Crippen LogP contribution is 2.20. The molecule has 0 fully saturated rings. The van der Waals surface area contributed by atoms with Gasteiger partial charge in [-0.25, -0.2) is 4.39 Å². The third-order valence-corrected chi connectivity index (χ3v) is 4.38. The van der Waals surface area contributed by atoms with Crippen LogP contribution in [0.4, 0.5) is 10.1 Å². The highest BCUT2D eigenvalue weighted by Gasteiger charge is 2.19. The molecule has 2 N–H and O–H groups in total. The maximum absolute atomic E-state index is 13.1. The van der Waals surface area contributed by atoms with Gasteiger partial charge in [0.05, 0.1) is 11.1 Å². The van der Waals surface area contributed by atoms with E-state index >= 15 is 0 Å². The molecule has 0 aliphatic carbocycles. The first-order valence-corrected chi connectivity index (χ1v) is 8.43. The van der Waals surface area contributed by atoms with E-state index in [1.807, 2.05) is 35.8 Å². The monoisotopic (exact) mass is 369 g/mol. The summed E-state index contributed by atoms with van der Waals surface area (Å²) in [7, 11) is 3.80. The van der Waals surface area contributed by atoms with Gasteiger partial charge in [-0.15, -0.1) is 0 Å². The van der Waals surface area contributed by atoms with Crippen molar-refractivity contribution in [2.45, 2.75) is 6.04 Å². The van der Waals surface area contributed by atoms with Crippen molar-refractivity contribution in [1.29, 1.82) is 0 Å². The highest BCUT2D eigenvalue weighted by molar-refractivity contribution is 7.08. The molecule has 1 heterocycles. The molecule has 8 heteroatoms. The molecular formula is C16H17ClFN3O2S. The van der Waals surface area contributed by atoms with Crippen LogP contribution >= 0.6 is 22.9 Å². The number of carbonyl (C=O) groups is 2. The van der Waals surface area contributed by atoms with Crippen molar-refractivity contribution < 1.29 is 14.0 Å². The number of hydrogen-bond acceptors (Lipinski definition) is 4. The molecule has 0 radical (unpaired) electrons. The van der Waals surface area contributed by atoms with Crippen molar-refractivity contribution in [2.75, 3.05) is 26.0 Å². The van der Waals surface area contributed by atoms with E-state index in [1.54, 1.807) is 11.3 Å². The molecule has 2 amide bonds. The van der Waals surface area contributed by atoms with Crippen LogP contribution in [0.3, 0.4) is 0 Å². The molecule has 5 nitrogen and oxygen atoms in total. The topological polar surface area (TPSA) is 61.4 Å². The Bertz CT molecular complexity index is 722. The van der Waals surface area contributed by atoms with Gasteiger partial charge < -0.3 is 15.5 Å². The first-order chi connectivity index (χ1) is 11.4. The molecular weight excluding hydrogens is 353 g/mol. The molecule has 24 heavy (non-hydrogen) atoms. The number of amides is 2. The molecule has 0 unspecified atom stereocenters. The Kier molecular flexibility index (Phi) is 6.30. The van der Waals surface area contributed by atoms with Crippen LogP contribution in [0.1, 0.15) is 11.6 Å². The summed E-state index contributed by atoms with van der Waals surface area (Å²) in [5, 5.41) is 8.82. The minimum atomic E-state index is -0.833. The number of rotatable bonds is 5. The van der Waals surface area contributed by atoms with Gasteiger partial charge in [0.1, 0.15) is 5.82 Å². The molecule has 1 aromatic carbocycles. The van der Waals surface area contributed by atoms with E-state index in [0.717, 1.165) is 11.6 Å². The standard InChI is InChI=1S/C16H17ClFN3O2S/c1-21(2)14(10-5-6-24-9-10)8-19-15(22)16(23)20-11-3-4-13(18)12(17)7-11/h3-7,9,14H,8H2,1-2H3,(H,19,22)(H,20,23)/t14-/m0/s1. The fraction of sp³-hybridized carbons (Fsp3) is 0.250. The molecule has 2 rings (SSSR count). The first kappa shape index (κ1) is 18.4. The lowest BCUT2D eigenvalue weighted by atomic mass is 10.1. The van der Waals surface area contributed by atoms with Gasteiger partial charge in [0.2, 0.25) is 0 Å². The smallest absolute Gasteiger partial charge is 0.313 e. The second kappa shape index (κ2) is 8.23. The Morgan fingerprint density at radius 2 is 2.04 bits per heavy atom. The van der Waals surface area contributed by atoms with Crippen LogP contribution in [-0.2, 0) is 9.59 Å². The van der Waals surface area contributed by atoms with E-state index in [4.69, 9.17) is 11.6 Å². The summed E-state index contributed by atoms with van der Waals surface area (Å²) in [6, 6.07) is 5.64. The normalized spacial score (nSPS) is 12.0. The Morgan fingerprint density at radius 1 is 1.29 bits per heavy atom. The Morgan fingerprint density at radius 3 is 2.62 bits per heavy atom. The fourth-order valence-corrected chi connectivity index (χ4v) is 2.98. The minimum absolute atomic E-state index is 0.0340. The van der Waals surface area contributed by atoms with Crippen molar-refractivity contribution in [3.63, 3.8) is 0 Å². The number of anilines is 1. The summed E-state index contributed by atoms with van der Waals surface area (Å²) in [5.74, 6) is -2.19. The average Bonchev–Trinajstić information content (AvgIpc) is 3.04. The second-order valence-electron chi connectivity index (χ2n) is 5.33. The van der Waals surface area contributed by atoms with Gasteiger partial charge in [-0.1, -0.05) is 11.6 Å². The lowest BCUT2D eigenvalue weighted by Crippen LogP contribution is -2.40. The lowest BCUT2D eigenvalue weighted by molar-refractivity contribution is -0.136. The van der Waals surface area contributed by atoms with Gasteiger partial charge in [0.15, 0.2) is 0 Å². The van der Waals surface area contributed by atoms with Crippen molar-refractivity contribution in [3.8, 4) is 0 Å². The number of hydrogen-bond donors (Lipinski definition) is 2. The van der Waals surface area contributed by atoms with Gasteiger partial charge in [-0.05, 0) is 54.7 Å². The zero-order valence-electron chi connectivity index (χ0n) is 13.2. The number of nitrogens with one attached hydrogen (secondary N) is 2. The molecule has 0 saturated heterocycles. The number of halogens is 2. The van der Waals surface area contributed by atoms with E-state index in [1.165, 1.54) is 12.1 Å². The Hall–Kier alpha value is -1.96. The van der Waals surface area contributed by atoms with Gasteiger partial charge in [0.25, 0.3) is 0 Å². The SMILES string of the molecule is CN(C)[C@@H](CNC(=O)C(=O)Nc1ccc(F)c(Cl)c1)c1ccsc1. The third kappa shape index (κ3) is 4.77. The van der Waals surface area contributed by atoms with E-state index in [9.17, 15) is 14.0 Å². The molecule has 1 aromatic heterocycles. The number of nitrogens with zero attached hydrogens (tertiary/aromatic N) is 1. The Balaban J connectivity index is 1.93. The third-order valence-electron chi connectivity index (χ3n) is 3.39. The number of carbonyl (C=O) groups excluding carboxylic acids is 2. The number of likely N-dealkylation sites (N-methyl/N-ethyl adjacent to an activating group) is 1. The lowest BCUT2D eigenvalue weighted by Gasteiger charge is -2.23. The van der Waals surface area contributed by atoms with Crippen LogP contribution in [0.15, 0.2) is 35.0 Å². The molecule has 2 aromatic rings. The highest BCUT2D eigenvalue weighted by atomic mass is 35.5. The Labute approximate surface area is 148 Å². The van der Waals surface area contributed by atoms with E-state index < -0.39 is 17.6 Å². The van der Waals surface area contributed by atoms with Crippen molar-refractivity contribution in [2.24, 2.45) is 0 Å².